The van der Waals surface area contributed by atoms with E-state index in [0.29, 0.717) is 16.8 Å². The first kappa shape index (κ1) is 25.3. The Bertz CT molecular complexity index is 1220. The third-order valence-electron chi connectivity index (χ3n) is 5.69. The second-order valence-corrected chi connectivity index (χ2v) is 7.80. The van der Waals surface area contributed by atoms with Crippen molar-refractivity contribution in [2.75, 3.05) is 14.2 Å². The van der Waals surface area contributed by atoms with E-state index in [9.17, 15) is 24.5 Å². The molecule has 3 rings (SSSR count). The number of ether oxygens (including phenoxy) is 3. The molecule has 182 valence electrons. The summed E-state index contributed by atoms with van der Waals surface area (Å²) in [5.41, 5.74) is 1.10. The minimum atomic E-state index is -1.37. The number of esters is 3. The van der Waals surface area contributed by atoms with Crippen molar-refractivity contribution < 1.29 is 33.5 Å². The molecule has 0 radical (unpaired) electrons. The van der Waals surface area contributed by atoms with Crippen LogP contribution in [0.2, 0.25) is 0 Å². The van der Waals surface area contributed by atoms with Crippen molar-refractivity contribution >= 4 is 29.3 Å². The number of nitro groups is 1. The zero-order valence-corrected chi connectivity index (χ0v) is 19.6. The highest BCUT2D eigenvalue weighted by atomic mass is 16.6. The average molecular weight is 480 g/mol. The van der Waals surface area contributed by atoms with Crippen LogP contribution in [0.15, 0.2) is 70.9 Å². The number of hydrogen-bond donors (Lipinski definition) is 0. The number of carbonyl (C=O) groups excluding carboxylic acids is 3. The highest BCUT2D eigenvalue weighted by Crippen LogP contribution is 2.41. The Balaban J connectivity index is 2.13. The second-order valence-electron chi connectivity index (χ2n) is 7.80. The summed E-state index contributed by atoms with van der Waals surface area (Å²) in [6, 6.07) is 13.9. The minimum absolute atomic E-state index is 0.0173. The third-order valence-corrected chi connectivity index (χ3v) is 5.69. The number of allylic oxidation sites excluding steroid dienone is 1. The quantitative estimate of drug-likeness (QED) is 0.254. The first-order valence-electron chi connectivity index (χ1n) is 10.6. The van der Waals surface area contributed by atoms with Crippen LogP contribution in [-0.4, -0.2) is 42.8 Å². The second kappa shape index (κ2) is 10.7. The van der Waals surface area contributed by atoms with E-state index in [2.05, 4.69) is 4.99 Å². The molecule has 3 atom stereocenters. The predicted molar refractivity (Wildman–Crippen MR) is 124 cm³/mol. The maximum absolute atomic E-state index is 13.5. The smallest absolute Gasteiger partial charge is 0.351 e. The molecule has 1 aliphatic heterocycles. The zero-order chi connectivity index (χ0) is 25.7. The van der Waals surface area contributed by atoms with Gasteiger partial charge in [-0.05, 0) is 19.4 Å². The van der Waals surface area contributed by atoms with Crippen LogP contribution in [0.4, 0.5) is 5.69 Å². The van der Waals surface area contributed by atoms with E-state index in [1.165, 1.54) is 32.4 Å². The zero-order valence-electron chi connectivity index (χ0n) is 19.6. The van der Waals surface area contributed by atoms with E-state index in [1.807, 2.05) is 0 Å². The summed E-state index contributed by atoms with van der Waals surface area (Å²) in [7, 11) is 2.37. The summed E-state index contributed by atoms with van der Waals surface area (Å²) in [4.78, 5) is 53.9. The molecule has 1 aliphatic rings. The highest BCUT2D eigenvalue weighted by molar-refractivity contribution is 6.07. The molecule has 2 aromatic rings. The van der Waals surface area contributed by atoms with E-state index in [4.69, 9.17) is 14.2 Å². The van der Waals surface area contributed by atoms with Crippen molar-refractivity contribution in [2.24, 2.45) is 10.9 Å². The molecular formula is C25H24N2O8. The number of carbonyl (C=O) groups is 3. The van der Waals surface area contributed by atoms with Crippen LogP contribution in [-0.2, 0) is 28.6 Å². The van der Waals surface area contributed by atoms with Crippen molar-refractivity contribution in [1.29, 1.82) is 0 Å². The van der Waals surface area contributed by atoms with E-state index in [1.54, 1.807) is 50.2 Å². The Hall–Kier alpha value is -4.34. The van der Waals surface area contributed by atoms with Gasteiger partial charge in [0.25, 0.3) is 5.69 Å². The fraction of sp³-hybridized carbons (Fsp3) is 0.280. The van der Waals surface area contributed by atoms with Gasteiger partial charge in [-0.25, -0.2) is 9.59 Å². The number of methoxy groups -OCH3 is 2. The molecule has 0 aliphatic carbocycles. The maximum atomic E-state index is 13.5. The van der Waals surface area contributed by atoms with Crippen molar-refractivity contribution in [3.05, 3.63) is 87.1 Å². The van der Waals surface area contributed by atoms with Gasteiger partial charge in [0, 0.05) is 35.0 Å². The van der Waals surface area contributed by atoms with Gasteiger partial charge in [-0.15, -0.1) is 0 Å². The van der Waals surface area contributed by atoms with Crippen LogP contribution >= 0.6 is 0 Å². The van der Waals surface area contributed by atoms with Gasteiger partial charge in [0.05, 0.1) is 24.7 Å². The molecule has 0 bridgehead atoms. The maximum Gasteiger partial charge on any atom is 0.351 e. The molecule has 10 heteroatoms. The van der Waals surface area contributed by atoms with E-state index in [-0.39, 0.29) is 17.0 Å². The van der Waals surface area contributed by atoms with Gasteiger partial charge in [0.1, 0.15) is 5.92 Å². The molecule has 0 spiro atoms. The van der Waals surface area contributed by atoms with Gasteiger partial charge >= 0.3 is 17.9 Å². The number of hydrogen-bond acceptors (Lipinski definition) is 9. The number of aliphatic imine (C=N–C) groups is 1. The molecule has 0 saturated heterocycles. The number of non-ortho nitro benzene ring substituents is 1. The summed E-state index contributed by atoms with van der Waals surface area (Å²) < 4.78 is 15.4. The standard InChI is InChI=1S/C25H24N2O8/c1-14-19(23(28)33-3)21(17-11-8-12-18(13-17)27(31)32)20(15(2)26-14)24(29)35-22(25(30)34-4)16-9-6-5-7-10-16/h5-13,19,21-22H,1-4H3. The van der Waals surface area contributed by atoms with Crippen LogP contribution in [0.1, 0.15) is 37.0 Å². The van der Waals surface area contributed by atoms with Gasteiger partial charge in [-0.3, -0.25) is 19.9 Å². The summed E-state index contributed by atoms with van der Waals surface area (Å²) in [6.45, 7) is 3.17. The highest BCUT2D eigenvalue weighted by Gasteiger charge is 2.43. The summed E-state index contributed by atoms with van der Waals surface area (Å²) >= 11 is 0. The third kappa shape index (κ3) is 5.26. The van der Waals surface area contributed by atoms with Gasteiger partial charge in [-0.1, -0.05) is 42.5 Å². The van der Waals surface area contributed by atoms with Crippen LogP contribution in [0.5, 0.6) is 0 Å². The Morgan fingerprint density at radius 2 is 1.69 bits per heavy atom. The summed E-state index contributed by atoms with van der Waals surface area (Å²) in [5.74, 6) is -4.42. The van der Waals surface area contributed by atoms with E-state index < -0.39 is 40.8 Å². The lowest BCUT2D eigenvalue weighted by Crippen LogP contribution is -2.36. The Labute approximate surface area is 201 Å². The molecule has 0 amide bonds. The van der Waals surface area contributed by atoms with Crippen LogP contribution in [0, 0.1) is 16.0 Å². The first-order chi connectivity index (χ1) is 16.7. The molecule has 2 aromatic carbocycles. The van der Waals surface area contributed by atoms with Crippen LogP contribution in [0.3, 0.4) is 0 Å². The van der Waals surface area contributed by atoms with Crippen molar-refractivity contribution in [1.82, 2.24) is 0 Å². The summed E-state index contributed by atoms with van der Waals surface area (Å²) in [6.07, 6.45) is -1.37. The molecule has 0 fully saturated rings. The molecular weight excluding hydrogens is 456 g/mol. The molecule has 10 nitrogen and oxygen atoms in total. The lowest BCUT2D eigenvalue weighted by Gasteiger charge is -2.31. The Morgan fingerprint density at radius 3 is 2.29 bits per heavy atom. The molecule has 0 saturated carbocycles. The lowest BCUT2D eigenvalue weighted by molar-refractivity contribution is -0.384. The number of nitrogens with zero attached hydrogens (tertiary/aromatic N) is 2. The number of benzene rings is 2. The minimum Gasteiger partial charge on any atom is -0.468 e. The van der Waals surface area contributed by atoms with Crippen molar-refractivity contribution in [2.45, 2.75) is 25.9 Å². The molecule has 35 heavy (non-hydrogen) atoms. The fourth-order valence-electron chi connectivity index (χ4n) is 4.08. The van der Waals surface area contributed by atoms with Gasteiger partial charge in [-0.2, -0.15) is 0 Å². The van der Waals surface area contributed by atoms with Crippen LogP contribution in [0.25, 0.3) is 0 Å². The summed E-state index contributed by atoms with van der Waals surface area (Å²) in [5, 5.41) is 11.4. The normalized spacial score (nSPS) is 18.2. The van der Waals surface area contributed by atoms with Crippen molar-refractivity contribution in [3.63, 3.8) is 0 Å². The van der Waals surface area contributed by atoms with E-state index in [0.717, 1.165) is 0 Å². The predicted octanol–water partition coefficient (Wildman–Crippen LogP) is 3.67. The molecule has 0 aromatic heterocycles. The average Bonchev–Trinajstić information content (AvgIpc) is 2.86. The number of rotatable bonds is 7. The van der Waals surface area contributed by atoms with Crippen LogP contribution < -0.4 is 0 Å². The Kier molecular flexibility index (Phi) is 7.75. The van der Waals surface area contributed by atoms with Gasteiger partial charge < -0.3 is 14.2 Å². The monoisotopic (exact) mass is 480 g/mol. The fourth-order valence-corrected chi connectivity index (χ4v) is 4.08. The molecule has 1 heterocycles. The van der Waals surface area contributed by atoms with Gasteiger partial charge in [0.2, 0.25) is 6.10 Å². The van der Waals surface area contributed by atoms with Crippen molar-refractivity contribution in [3.8, 4) is 0 Å². The molecule has 0 N–H and O–H groups in total. The first-order valence-corrected chi connectivity index (χ1v) is 10.6. The largest absolute Gasteiger partial charge is 0.468 e. The topological polar surface area (TPSA) is 134 Å². The Morgan fingerprint density at radius 1 is 1.00 bits per heavy atom. The lowest BCUT2D eigenvalue weighted by atomic mass is 9.75. The van der Waals surface area contributed by atoms with Gasteiger partial charge in [0.15, 0.2) is 0 Å². The molecule has 3 unspecified atom stereocenters. The van der Waals surface area contributed by atoms with E-state index >= 15 is 0 Å². The SMILES string of the molecule is COC(=O)C(OC(=O)C1=C(C)N=C(C)C(C(=O)OC)C1c1cccc([N+](=O)[O-])c1)c1ccccc1. The number of nitro benzene ring substituents is 1.